The highest BCUT2D eigenvalue weighted by molar-refractivity contribution is 7.90. The molecule has 30 heavy (non-hydrogen) atoms. The normalized spacial score (nSPS) is 14.4. The molecule has 154 valence electrons. The summed E-state index contributed by atoms with van der Waals surface area (Å²) in [7, 11) is -2.51. The number of sulfonamides is 1. The highest BCUT2D eigenvalue weighted by atomic mass is 32.2. The zero-order valence-electron chi connectivity index (χ0n) is 16.0. The number of methoxy groups -OCH3 is 1. The third-order valence-electron chi connectivity index (χ3n) is 4.77. The SMILES string of the molecule is COc1ccc(N(Cc2cccs2)C(=O)CN2C(=O)c3ccccc3S2(=O)=O)cc1. The second-order valence-electron chi connectivity index (χ2n) is 6.57. The van der Waals surface area contributed by atoms with Gasteiger partial charge in [-0.25, -0.2) is 12.7 Å². The number of benzene rings is 2. The Bertz CT molecular complexity index is 1190. The summed E-state index contributed by atoms with van der Waals surface area (Å²) in [5, 5.41) is 1.90. The molecule has 0 atom stereocenters. The summed E-state index contributed by atoms with van der Waals surface area (Å²) in [6.45, 7) is -0.314. The Balaban J connectivity index is 1.64. The van der Waals surface area contributed by atoms with Crippen molar-refractivity contribution < 1.29 is 22.7 Å². The van der Waals surface area contributed by atoms with Gasteiger partial charge in [0.25, 0.3) is 15.9 Å². The molecule has 0 saturated heterocycles. The highest BCUT2D eigenvalue weighted by Crippen LogP contribution is 2.30. The largest absolute Gasteiger partial charge is 0.497 e. The number of carbonyl (C=O) groups excluding carboxylic acids is 2. The fraction of sp³-hybridized carbons (Fsp3) is 0.143. The van der Waals surface area contributed by atoms with E-state index in [4.69, 9.17) is 4.74 Å². The number of anilines is 1. The van der Waals surface area contributed by atoms with Crippen LogP contribution >= 0.6 is 11.3 Å². The summed E-state index contributed by atoms with van der Waals surface area (Å²) in [6, 6.07) is 16.6. The zero-order valence-corrected chi connectivity index (χ0v) is 17.7. The fourth-order valence-electron chi connectivity index (χ4n) is 3.24. The van der Waals surface area contributed by atoms with Crippen molar-refractivity contribution in [3.8, 4) is 5.75 Å². The maximum atomic E-state index is 13.2. The minimum absolute atomic E-state index is 0.0722. The molecule has 4 rings (SSSR count). The van der Waals surface area contributed by atoms with Crippen LogP contribution in [0.25, 0.3) is 0 Å². The van der Waals surface area contributed by atoms with Crippen molar-refractivity contribution in [1.82, 2.24) is 4.31 Å². The molecule has 0 aliphatic carbocycles. The lowest BCUT2D eigenvalue weighted by Crippen LogP contribution is -2.42. The predicted molar refractivity (Wildman–Crippen MR) is 113 cm³/mol. The molecule has 3 aromatic rings. The first-order valence-corrected chi connectivity index (χ1v) is 11.4. The Morgan fingerprint density at radius 1 is 1.07 bits per heavy atom. The Morgan fingerprint density at radius 3 is 2.43 bits per heavy atom. The van der Waals surface area contributed by atoms with Gasteiger partial charge in [0.1, 0.15) is 17.2 Å². The van der Waals surface area contributed by atoms with Crippen LogP contribution in [0, 0.1) is 0 Å². The molecular weight excluding hydrogens is 424 g/mol. The van der Waals surface area contributed by atoms with E-state index in [2.05, 4.69) is 0 Å². The monoisotopic (exact) mass is 442 g/mol. The lowest BCUT2D eigenvalue weighted by atomic mass is 10.2. The van der Waals surface area contributed by atoms with Gasteiger partial charge in [-0.2, -0.15) is 0 Å². The Labute approximate surface area is 178 Å². The molecule has 2 aromatic carbocycles. The number of hydrogen-bond acceptors (Lipinski definition) is 6. The molecule has 0 saturated carbocycles. The summed E-state index contributed by atoms with van der Waals surface area (Å²) in [5.74, 6) is -0.557. The number of ether oxygens (including phenoxy) is 1. The van der Waals surface area contributed by atoms with Crippen LogP contribution in [-0.4, -0.2) is 38.2 Å². The predicted octanol–water partition coefficient (Wildman–Crippen LogP) is 3.13. The molecule has 0 N–H and O–H groups in total. The molecular formula is C21H18N2O5S2. The van der Waals surface area contributed by atoms with E-state index in [0.717, 1.165) is 4.88 Å². The van der Waals surface area contributed by atoms with Crippen molar-refractivity contribution in [2.24, 2.45) is 0 Å². The second kappa shape index (κ2) is 7.92. The molecule has 2 heterocycles. The number of amides is 2. The first-order valence-electron chi connectivity index (χ1n) is 9.04. The van der Waals surface area contributed by atoms with Gasteiger partial charge >= 0.3 is 0 Å². The van der Waals surface area contributed by atoms with Crippen LogP contribution in [0.15, 0.2) is 70.9 Å². The van der Waals surface area contributed by atoms with E-state index in [0.29, 0.717) is 15.7 Å². The Hall–Kier alpha value is -3.17. The van der Waals surface area contributed by atoms with Gasteiger partial charge in [0, 0.05) is 10.6 Å². The van der Waals surface area contributed by atoms with Gasteiger partial charge in [-0.3, -0.25) is 9.59 Å². The number of rotatable bonds is 6. The van der Waals surface area contributed by atoms with Crippen molar-refractivity contribution in [3.63, 3.8) is 0 Å². The molecule has 0 spiro atoms. The van der Waals surface area contributed by atoms with E-state index >= 15 is 0 Å². The summed E-state index contributed by atoms with van der Waals surface area (Å²) < 4.78 is 31.4. The molecule has 1 aliphatic rings. The number of fused-ring (bicyclic) bond motifs is 1. The van der Waals surface area contributed by atoms with E-state index in [9.17, 15) is 18.0 Å². The maximum absolute atomic E-state index is 13.2. The summed E-state index contributed by atoms with van der Waals surface area (Å²) in [6.07, 6.45) is 0. The minimum Gasteiger partial charge on any atom is -0.497 e. The minimum atomic E-state index is -4.06. The Kier molecular flexibility index (Phi) is 5.31. The van der Waals surface area contributed by atoms with E-state index in [1.54, 1.807) is 43.5 Å². The lowest BCUT2D eigenvalue weighted by molar-refractivity contribution is -0.118. The summed E-state index contributed by atoms with van der Waals surface area (Å²) >= 11 is 1.49. The maximum Gasteiger partial charge on any atom is 0.269 e. The average molecular weight is 443 g/mol. The molecule has 1 aromatic heterocycles. The molecule has 0 unspecified atom stereocenters. The number of carbonyl (C=O) groups is 2. The lowest BCUT2D eigenvalue weighted by Gasteiger charge is -2.25. The topological polar surface area (TPSA) is 84.0 Å². The van der Waals surface area contributed by atoms with Crippen molar-refractivity contribution in [2.45, 2.75) is 11.4 Å². The van der Waals surface area contributed by atoms with Crippen LogP contribution in [0.5, 0.6) is 5.75 Å². The second-order valence-corrected chi connectivity index (χ2v) is 9.43. The highest BCUT2D eigenvalue weighted by Gasteiger charge is 2.42. The molecule has 0 fully saturated rings. The van der Waals surface area contributed by atoms with Gasteiger partial charge in [-0.15, -0.1) is 11.3 Å². The molecule has 7 nitrogen and oxygen atoms in total. The molecule has 1 aliphatic heterocycles. The molecule has 0 bridgehead atoms. The van der Waals surface area contributed by atoms with E-state index in [1.807, 2.05) is 17.5 Å². The van der Waals surface area contributed by atoms with Gasteiger partial charge in [0.15, 0.2) is 0 Å². The van der Waals surface area contributed by atoms with Gasteiger partial charge in [0.2, 0.25) is 5.91 Å². The quantitative estimate of drug-likeness (QED) is 0.586. The Morgan fingerprint density at radius 2 is 1.80 bits per heavy atom. The molecule has 2 amide bonds. The van der Waals surface area contributed by atoms with Crippen LogP contribution in [-0.2, 0) is 21.4 Å². The zero-order chi connectivity index (χ0) is 21.3. The smallest absolute Gasteiger partial charge is 0.269 e. The van der Waals surface area contributed by atoms with Crippen LogP contribution in [0.1, 0.15) is 15.2 Å². The third kappa shape index (κ3) is 3.57. The van der Waals surface area contributed by atoms with Crippen LogP contribution in [0.4, 0.5) is 5.69 Å². The number of hydrogen-bond donors (Lipinski definition) is 0. The van der Waals surface area contributed by atoms with Crippen LogP contribution in [0.3, 0.4) is 0 Å². The summed E-state index contributed by atoms with van der Waals surface area (Å²) in [4.78, 5) is 28.2. The third-order valence-corrected chi connectivity index (χ3v) is 7.42. The van der Waals surface area contributed by atoms with Crippen molar-refractivity contribution in [3.05, 3.63) is 76.5 Å². The van der Waals surface area contributed by atoms with E-state index in [1.165, 1.54) is 28.4 Å². The van der Waals surface area contributed by atoms with Crippen molar-refractivity contribution in [1.29, 1.82) is 0 Å². The van der Waals surface area contributed by atoms with E-state index < -0.39 is 28.4 Å². The summed E-state index contributed by atoms with van der Waals surface area (Å²) in [5.41, 5.74) is 0.662. The van der Waals surface area contributed by atoms with Crippen LogP contribution < -0.4 is 9.64 Å². The van der Waals surface area contributed by atoms with Crippen molar-refractivity contribution >= 4 is 38.9 Å². The van der Waals surface area contributed by atoms with Gasteiger partial charge < -0.3 is 9.64 Å². The average Bonchev–Trinajstić information content (AvgIpc) is 3.34. The molecule has 0 radical (unpaired) electrons. The fourth-order valence-corrected chi connectivity index (χ4v) is 5.45. The standard InChI is InChI=1S/C21H18N2O5S2/c1-28-16-10-8-15(9-11-16)22(13-17-5-4-12-29-17)20(24)14-23-21(25)18-6-2-3-7-19(18)30(23,26)27/h2-12H,13-14H2,1H3. The van der Waals surface area contributed by atoms with Gasteiger partial charge in [-0.1, -0.05) is 18.2 Å². The van der Waals surface area contributed by atoms with Crippen LogP contribution in [0.2, 0.25) is 0 Å². The van der Waals surface area contributed by atoms with Gasteiger partial charge in [-0.05, 0) is 47.8 Å². The van der Waals surface area contributed by atoms with Gasteiger partial charge in [0.05, 0.1) is 19.2 Å². The first kappa shape index (κ1) is 20.1. The molecule has 9 heteroatoms. The van der Waals surface area contributed by atoms with Crippen molar-refractivity contribution in [2.75, 3.05) is 18.6 Å². The van der Waals surface area contributed by atoms with E-state index in [-0.39, 0.29) is 17.0 Å². The number of thiophene rings is 1. The first-order chi connectivity index (χ1) is 14.4. The number of nitrogens with zero attached hydrogens (tertiary/aromatic N) is 2.